The highest BCUT2D eigenvalue weighted by atomic mass is 16.1. The normalized spacial score (nSPS) is 19.1. The molecule has 0 amide bonds. The van der Waals surface area contributed by atoms with Crippen LogP contribution in [0.15, 0.2) is 95.8 Å². The van der Waals surface area contributed by atoms with Gasteiger partial charge in [-0.1, -0.05) is 80.6 Å². The fourth-order valence-corrected chi connectivity index (χ4v) is 4.57. The van der Waals surface area contributed by atoms with Crippen molar-refractivity contribution in [2.45, 2.75) is 19.3 Å². The molecular formula is C28H24N2O. The number of anilines is 1. The lowest BCUT2D eigenvalue weighted by Gasteiger charge is -2.23. The number of fused-ring (bicyclic) bond motifs is 2. The van der Waals surface area contributed by atoms with E-state index in [9.17, 15) is 4.79 Å². The highest BCUT2D eigenvalue weighted by Gasteiger charge is 2.39. The van der Waals surface area contributed by atoms with Gasteiger partial charge in [-0.25, -0.2) is 0 Å². The van der Waals surface area contributed by atoms with E-state index >= 15 is 0 Å². The van der Waals surface area contributed by atoms with Crippen molar-refractivity contribution >= 4 is 23.3 Å². The summed E-state index contributed by atoms with van der Waals surface area (Å²) in [5.74, 6) is -0.0575. The lowest BCUT2D eigenvalue weighted by molar-refractivity contribution is -0.108. The van der Waals surface area contributed by atoms with Gasteiger partial charge in [-0.05, 0) is 40.5 Å². The van der Waals surface area contributed by atoms with Crippen LogP contribution in [0.25, 0.3) is 17.2 Å². The molecule has 3 nitrogen and oxygen atoms in total. The zero-order valence-corrected chi connectivity index (χ0v) is 18.0. The molecule has 0 unspecified atom stereocenters. The number of carbonyl (C=O) groups excluding carboxylic acids is 1. The van der Waals surface area contributed by atoms with E-state index in [0.29, 0.717) is 5.71 Å². The molecule has 0 bridgehead atoms. The molecule has 31 heavy (non-hydrogen) atoms. The maximum absolute atomic E-state index is 12.6. The molecule has 1 heterocycles. The van der Waals surface area contributed by atoms with Gasteiger partial charge < -0.3 is 4.90 Å². The summed E-state index contributed by atoms with van der Waals surface area (Å²) >= 11 is 0. The van der Waals surface area contributed by atoms with E-state index in [1.54, 1.807) is 6.08 Å². The van der Waals surface area contributed by atoms with Gasteiger partial charge in [0.15, 0.2) is 0 Å². The fourth-order valence-electron chi connectivity index (χ4n) is 4.57. The molecule has 152 valence electrons. The minimum Gasteiger partial charge on any atom is -0.346 e. The molecule has 0 saturated carbocycles. The molecule has 0 fully saturated rings. The molecule has 3 aromatic carbocycles. The number of nitrogens with zero attached hydrogens (tertiary/aromatic N) is 2. The smallest absolute Gasteiger partial charge is 0.204 e. The summed E-state index contributed by atoms with van der Waals surface area (Å²) in [7, 11) is 2.07. The number of allylic oxidation sites excluding steroid dienone is 2. The Kier molecular flexibility index (Phi) is 4.48. The van der Waals surface area contributed by atoms with E-state index < -0.39 is 0 Å². The molecule has 2 aliphatic rings. The Bertz CT molecular complexity index is 1280. The van der Waals surface area contributed by atoms with Crippen LogP contribution in [-0.2, 0) is 10.2 Å². The number of hydrogen-bond acceptors (Lipinski definition) is 3. The van der Waals surface area contributed by atoms with Gasteiger partial charge in [0.1, 0.15) is 5.71 Å². The molecule has 3 aromatic rings. The van der Waals surface area contributed by atoms with Gasteiger partial charge in [0, 0.05) is 35.6 Å². The Morgan fingerprint density at radius 3 is 2.42 bits per heavy atom. The Morgan fingerprint density at radius 2 is 1.61 bits per heavy atom. The molecule has 1 aliphatic carbocycles. The van der Waals surface area contributed by atoms with Crippen LogP contribution in [0.4, 0.5) is 5.69 Å². The van der Waals surface area contributed by atoms with E-state index in [-0.39, 0.29) is 11.2 Å². The lowest BCUT2D eigenvalue weighted by atomic mass is 9.83. The van der Waals surface area contributed by atoms with Gasteiger partial charge in [0.05, 0.1) is 0 Å². The van der Waals surface area contributed by atoms with Crippen LogP contribution in [0.1, 0.15) is 30.5 Å². The summed E-state index contributed by atoms with van der Waals surface area (Å²) in [4.78, 5) is 19.5. The maximum Gasteiger partial charge on any atom is 0.204 e. The Morgan fingerprint density at radius 1 is 0.871 bits per heavy atom. The van der Waals surface area contributed by atoms with Crippen LogP contribution >= 0.6 is 0 Å². The lowest BCUT2D eigenvalue weighted by Crippen LogP contribution is -2.23. The first kappa shape index (κ1) is 19.3. The first-order valence-corrected chi connectivity index (χ1v) is 10.5. The number of hydrogen-bond donors (Lipinski definition) is 0. The predicted molar refractivity (Wildman–Crippen MR) is 128 cm³/mol. The number of benzene rings is 3. The van der Waals surface area contributed by atoms with Crippen LogP contribution < -0.4 is 4.90 Å². The molecule has 0 radical (unpaired) electrons. The molecular weight excluding hydrogens is 380 g/mol. The van der Waals surface area contributed by atoms with Gasteiger partial charge in [-0.15, -0.1) is 0 Å². The molecule has 0 atom stereocenters. The zero-order chi connectivity index (χ0) is 21.6. The minimum absolute atomic E-state index is 0.0575. The average Bonchev–Trinajstić information content (AvgIpc) is 2.98. The highest BCUT2D eigenvalue weighted by molar-refractivity contribution is 6.52. The van der Waals surface area contributed by atoms with Crippen molar-refractivity contribution in [3.05, 3.63) is 107 Å². The Balaban J connectivity index is 1.58. The first-order valence-electron chi connectivity index (χ1n) is 10.5. The van der Waals surface area contributed by atoms with E-state index in [0.717, 1.165) is 16.8 Å². The summed E-state index contributed by atoms with van der Waals surface area (Å²) in [5, 5.41) is 0. The first-order chi connectivity index (χ1) is 15.0. The molecule has 1 aliphatic heterocycles. The number of ketones is 1. The van der Waals surface area contributed by atoms with Crippen molar-refractivity contribution in [2.75, 3.05) is 11.9 Å². The second-order valence-electron chi connectivity index (χ2n) is 8.56. The maximum atomic E-state index is 12.6. The van der Waals surface area contributed by atoms with Gasteiger partial charge in [0.2, 0.25) is 5.78 Å². The van der Waals surface area contributed by atoms with E-state index in [1.807, 2.05) is 42.6 Å². The second kappa shape index (κ2) is 7.21. The highest BCUT2D eigenvalue weighted by Crippen LogP contribution is 2.48. The average molecular weight is 405 g/mol. The largest absolute Gasteiger partial charge is 0.346 e. The summed E-state index contributed by atoms with van der Waals surface area (Å²) in [6.45, 7) is 4.43. The topological polar surface area (TPSA) is 32.7 Å². The summed E-state index contributed by atoms with van der Waals surface area (Å²) in [6.07, 6.45) is 5.33. The summed E-state index contributed by atoms with van der Waals surface area (Å²) in [6, 6.07) is 24.9. The van der Waals surface area contributed by atoms with E-state index in [4.69, 9.17) is 4.99 Å². The fraction of sp³-hybridized carbons (Fsp3) is 0.143. The van der Waals surface area contributed by atoms with Crippen molar-refractivity contribution in [1.29, 1.82) is 0 Å². The third-order valence-corrected chi connectivity index (χ3v) is 6.32. The van der Waals surface area contributed by atoms with Crippen molar-refractivity contribution < 1.29 is 4.79 Å². The van der Waals surface area contributed by atoms with Gasteiger partial charge in [0.25, 0.3) is 0 Å². The zero-order valence-electron chi connectivity index (χ0n) is 18.0. The van der Waals surface area contributed by atoms with Crippen LogP contribution in [-0.4, -0.2) is 18.5 Å². The van der Waals surface area contributed by atoms with Crippen LogP contribution in [0.5, 0.6) is 0 Å². The number of likely N-dealkylation sites (N-methyl/N-ethyl adjacent to an activating group) is 1. The van der Waals surface area contributed by atoms with E-state index in [1.165, 1.54) is 22.4 Å². The summed E-state index contributed by atoms with van der Waals surface area (Å²) in [5.41, 5.74) is 8.09. The molecule has 3 heteroatoms. The molecule has 0 saturated heterocycles. The van der Waals surface area contributed by atoms with Gasteiger partial charge in [-0.3, -0.25) is 9.79 Å². The number of aliphatic imine (C=N–C) groups is 1. The number of rotatable bonds is 2. The molecule has 5 rings (SSSR count). The van der Waals surface area contributed by atoms with Crippen molar-refractivity contribution in [3.63, 3.8) is 0 Å². The summed E-state index contributed by atoms with van der Waals surface area (Å²) < 4.78 is 0. The van der Waals surface area contributed by atoms with Crippen LogP contribution in [0.3, 0.4) is 0 Å². The van der Waals surface area contributed by atoms with Crippen LogP contribution in [0.2, 0.25) is 0 Å². The Hall–Kier alpha value is -3.72. The van der Waals surface area contributed by atoms with Gasteiger partial charge >= 0.3 is 0 Å². The standard InChI is InChI=1S/C28H24N2O/c1-28(2)23-17-21(19-9-5-4-6-10-19)13-15-24(23)30(3)26(28)18-29-27-22-12-8-7-11-20(22)14-16-25(27)31/h4-18H,1-3H3/b26-18-,29-27?. The SMILES string of the molecule is CN1/C(=C\N=C2C(=O)C=Cc3ccccc32)C(C)(C)c2cc(-c3ccccc3)ccc21. The Labute approximate surface area is 183 Å². The van der Waals surface area contributed by atoms with E-state index in [2.05, 4.69) is 68.3 Å². The van der Waals surface area contributed by atoms with Crippen LogP contribution in [0, 0.1) is 0 Å². The minimum atomic E-state index is -0.230. The predicted octanol–water partition coefficient (Wildman–Crippen LogP) is 6.01. The number of carbonyl (C=O) groups is 1. The van der Waals surface area contributed by atoms with Crippen molar-refractivity contribution in [3.8, 4) is 11.1 Å². The quantitative estimate of drug-likeness (QED) is 0.524. The third kappa shape index (κ3) is 3.14. The third-order valence-electron chi connectivity index (χ3n) is 6.32. The monoisotopic (exact) mass is 404 g/mol. The molecule has 0 aromatic heterocycles. The second-order valence-corrected chi connectivity index (χ2v) is 8.56. The molecule has 0 spiro atoms. The van der Waals surface area contributed by atoms with Gasteiger partial charge in [-0.2, -0.15) is 0 Å². The van der Waals surface area contributed by atoms with Crippen molar-refractivity contribution in [2.24, 2.45) is 4.99 Å². The van der Waals surface area contributed by atoms with Crippen molar-refractivity contribution in [1.82, 2.24) is 0 Å². The molecule has 0 N–H and O–H groups in total.